The number of halogens is 12. The topological polar surface area (TPSA) is 72.4 Å². The fraction of sp³-hybridized carbons (Fsp3) is 1.00. The molecule has 0 bridgehead atoms. The summed E-state index contributed by atoms with van der Waals surface area (Å²) in [5.41, 5.74) is 0. The zero-order chi connectivity index (χ0) is 20.0. The Morgan fingerprint density at radius 3 is 1.38 bits per heavy atom. The Labute approximate surface area is 180 Å². The van der Waals surface area contributed by atoms with Gasteiger partial charge < -0.3 is 18.9 Å². The second kappa shape index (κ2) is 9.39. The van der Waals surface area contributed by atoms with Crippen LogP contribution < -0.4 is 68.9 Å². The van der Waals surface area contributed by atoms with E-state index in [1.165, 1.54) is 0 Å². The third-order valence-corrected chi connectivity index (χ3v) is 2.79. The quantitative estimate of drug-likeness (QED) is 0.214. The van der Waals surface area contributed by atoms with Gasteiger partial charge in [-0.3, -0.25) is 0 Å². The van der Waals surface area contributed by atoms with Crippen LogP contribution in [0.1, 0.15) is 0 Å². The SMILES string of the molecule is O=P([O-])([O-])OCC(F)(F)C(F)(F)C(F)(F)C(F)(F)C(F)(F)C(F)F.[Na+].[Na+]. The minimum absolute atomic E-state index is 0. The minimum atomic E-state index is -7.80. The van der Waals surface area contributed by atoms with Gasteiger partial charge in [0.25, 0.3) is 0 Å². The summed E-state index contributed by atoms with van der Waals surface area (Å²) in [6.45, 7) is -3.43. The molecule has 0 aliphatic heterocycles. The first-order chi connectivity index (χ1) is 10.2. The summed E-state index contributed by atoms with van der Waals surface area (Å²) < 4.78 is 163. The second-order valence-corrected chi connectivity index (χ2v) is 5.22. The first kappa shape index (κ1) is 31.9. The summed E-state index contributed by atoms with van der Waals surface area (Å²) in [5.74, 6) is -36.8. The Morgan fingerprint density at radius 2 is 1.12 bits per heavy atom. The Morgan fingerprint density at radius 1 is 0.769 bits per heavy atom. The average molecular weight is 456 g/mol. The largest absolute Gasteiger partial charge is 1.00 e. The number of hydrogen-bond donors (Lipinski definition) is 0. The molecule has 0 radical (unpaired) electrons. The van der Waals surface area contributed by atoms with Crippen LogP contribution >= 0.6 is 7.82 Å². The van der Waals surface area contributed by atoms with Crippen LogP contribution in [0.5, 0.6) is 0 Å². The number of phosphoric acid groups is 1. The maximum Gasteiger partial charge on any atom is 1.00 e. The van der Waals surface area contributed by atoms with Crippen molar-refractivity contribution >= 4 is 7.82 Å². The summed E-state index contributed by atoms with van der Waals surface area (Å²) in [6, 6.07) is 0. The van der Waals surface area contributed by atoms with Crippen LogP contribution in [0.2, 0.25) is 0 Å². The Bertz CT molecular complexity index is 510. The molecule has 26 heavy (non-hydrogen) atoms. The van der Waals surface area contributed by atoms with Crippen molar-refractivity contribution in [1.82, 2.24) is 0 Å². The van der Waals surface area contributed by atoms with Crippen molar-refractivity contribution in [3.05, 3.63) is 0 Å². The molecule has 0 amide bonds. The van der Waals surface area contributed by atoms with Crippen LogP contribution in [0.3, 0.4) is 0 Å². The molecule has 0 rings (SSSR count). The molecule has 0 saturated carbocycles. The van der Waals surface area contributed by atoms with Crippen molar-refractivity contribution in [3.63, 3.8) is 0 Å². The first-order valence-electron chi connectivity index (χ1n) is 4.99. The summed E-state index contributed by atoms with van der Waals surface area (Å²) in [6.07, 6.45) is -5.65. The van der Waals surface area contributed by atoms with Gasteiger partial charge in [0.05, 0.1) is 7.82 Å². The molecule has 4 nitrogen and oxygen atoms in total. The van der Waals surface area contributed by atoms with E-state index in [9.17, 15) is 67.0 Å². The number of hydrogen-bond acceptors (Lipinski definition) is 4. The van der Waals surface area contributed by atoms with Crippen molar-refractivity contribution in [2.24, 2.45) is 0 Å². The monoisotopic (exact) mass is 456 g/mol. The third-order valence-electron chi connectivity index (χ3n) is 2.34. The molecular formula is C7H3F12Na2O4P. The van der Waals surface area contributed by atoms with Gasteiger partial charge >= 0.3 is 95.2 Å². The fourth-order valence-corrected chi connectivity index (χ4v) is 1.34. The standard InChI is InChI=1S/C7H5F12O4P.2Na/c8-2(9)4(12,13)6(16,17)7(18,19)5(14,15)3(10,11)1-23-24(20,21)22;;/h2H,1H2,(H2,20,21,22);;/q;2*+1/p-2. The van der Waals surface area contributed by atoms with Crippen LogP contribution in [0.15, 0.2) is 0 Å². The van der Waals surface area contributed by atoms with E-state index in [1.807, 2.05) is 0 Å². The van der Waals surface area contributed by atoms with E-state index in [4.69, 9.17) is 0 Å². The maximum atomic E-state index is 12.9. The van der Waals surface area contributed by atoms with Crippen molar-refractivity contribution in [2.75, 3.05) is 6.61 Å². The predicted molar refractivity (Wildman–Crippen MR) is 44.3 cm³/mol. The molecule has 0 aliphatic rings. The van der Waals surface area contributed by atoms with Gasteiger partial charge in [-0.1, -0.05) is 0 Å². The molecule has 0 atom stereocenters. The first-order valence-corrected chi connectivity index (χ1v) is 6.45. The van der Waals surface area contributed by atoms with E-state index < -0.39 is 50.5 Å². The van der Waals surface area contributed by atoms with Gasteiger partial charge in [0, 0.05) is 0 Å². The molecule has 0 saturated heterocycles. The maximum absolute atomic E-state index is 12.9. The molecule has 0 aliphatic carbocycles. The zero-order valence-electron chi connectivity index (χ0n) is 12.4. The van der Waals surface area contributed by atoms with Crippen LogP contribution in [0, 0.1) is 0 Å². The zero-order valence-corrected chi connectivity index (χ0v) is 17.3. The van der Waals surface area contributed by atoms with Crippen LogP contribution in [-0.4, -0.2) is 42.6 Å². The van der Waals surface area contributed by atoms with Gasteiger partial charge in [0.2, 0.25) is 0 Å². The molecule has 0 heterocycles. The summed E-state index contributed by atoms with van der Waals surface area (Å²) in [5, 5.41) is 0. The number of rotatable bonds is 8. The van der Waals surface area contributed by atoms with E-state index >= 15 is 0 Å². The Kier molecular flexibility index (Phi) is 11.5. The van der Waals surface area contributed by atoms with Gasteiger partial charge in [0.1, 0.15) is 6.61 Å². The molecule has 19 heteroatoms. The van der Waals surface area contributed by atoms with E-state index in [2.05, 4.69) is 4.52 Å². The van der Waals surface area contributed by atoms with E-state index in [1.54, 1.807) is 0 Å². The summed E-state index contributed by atoms with van der Waals surface area (Å²) in [4.78, 5) is 19.6. The Hall–Kier alpha value is 1.27. The van der Waals surface area contributed by atoms with Gasteiger partial charge in [0.15, 0.2) is 0 Å². The van der Waals surface area contributed by atoms with Crippen LogP contribution in [0.25, 0.3) is 0 Å². The van der Waals surface area contributed by atoms with Crippen LogP contribution in [0.4, 0.5) is 52.7 Å². The summed E-state index contributed by atoms with van der Waals surface area (Å²) >= 11 is 0. The Balaban J connectivity index is -0.00000264. The molecule has 0 aromatic heterocycles. The average Bonchev–Trinajstić information content (AvgIpc) is 2.34. The van der Waals surface area contributed by atoms with Crippen molar-refractivity contribution in [2.45, 2.75) is 36.0 Å². The number of alkyl halides is 12. The molecular weight excluding hydrogens is 453 g/mol. The smallest absolute Gasteiger partial charge is 0.790 e. The molecule has 0 aromatic rings. The second-order valence-electron chi connectivity index (χ2n) is 4.07. The van der Waals surface area contributed by atoms with Gasteiger partial charge in [-0.15, -0.1) is 0 Å². The molecule has 0 N–H and O–H groups in total. The molecule has 0 fully saturated rings. The van der Waals surface area contributed by atoms with Crippen molar-refractivity contribution in [1.29, 1.82) is 0 Å². The van der Waals surface area contributed by atoms with Gasteiger partial charge in [-0.05, 0) is 0 Å². The fourth-order valence-electron chi connectivity index (χ4n) is 1.02. The summed E-state index contributed by atoms with van der Waals surface area (Å²) in [7, 11) is -6.49. The molecule has 0 aromatic carbocycles. The van der Waals surface area contributed by atoms with Crippen molar-refractivity contribution in [3.8, 4) is 0 Å². The van der Waals surface area contributed by atoms with Crippen LogP contribution in [-0.2, 0) is 9.09 Å². The van der Waals surface area contributed by atoms with Gasteiger partial charge in [-0.25, -0.2) is 8.78 Å². The predicted octanol–water partition coefficient (Wildman–Crippen LogP) is -3.72. The van der Waals surface area contributed by atoms with Gasteiger partial charge in [-0.2, -0.15) is 43.9 Å². The molecule has 0 spiro atoms. The third kappa shape index (κ3) is 5.89. The molecule has 146 valence electrons. The van der Waals surface area contributed by atoms with Crippen molar-refractivity contribution < 1.29 is 131 Å². The van der Waals surface area contributed by atoms with E-state index in [0.717, 1.165) is 0 Å². The minimum Gasteiger partial charge on any atom is -0.790 e. The van der Waals surface area contributed by atoms with E-state index in [0.29, 0.717) is 0 Å². The van der Waals surface area contributed by atoms with E-state index in [-0.39, 0.29) is 59.1 Å². The normalized spacial score (nSPS) is 14.7. The molecule has 0 unspecified atom stereocenters. The number of phosphoric ester groups is 1.